The Balaban J connectivity index is 1.32. The molecule has 6 heteroatoms. The zero-order valence-corrected chi connectivity index (χ0v) is 20.2. The van der Waals surface area contributed by atoms with Gasteiger partial charge in [0.2, 0.25) is 11.7 Å². The predicted molar refractivity (Wildman–Crippen MR) is 132 cm³/mol. The Morgan fingerprint density at radius 3 is 2.85 bits per heavy atom. The van der Waals surface area contributed by atoms with E-state index >= 15 is 0 Å². The van der Waals surface area contributed by atoms with Gasteiger partial charge in [0, 0.05) is 28.4 Å². The fraction of sp³-hybridized carbons (Fsp3) is 0.370. The summed E-state index contributed by atoms with van der Waals surface area (Å²) in [6.45, 7) is 7.20. The van der Waals surface area contributed by atoms with E-state index in [1.54, 1.807) is 17.7 Å². The van der Waals surface area contributed by atoms with Gasteiger partial charge in [-0.2, -0.15) is 0 Å². The van der Waals surface area contributed by atoms with Crippen molar-refractivity contribution in [3.63, 3.8) is 0 Å². The fourth-order valence-electron chi connectivity index (χ4n) is 4.88. The molecule has 0 amide bonds. The van der Waals surface area contributed by atoms with E-state index < -0.39 is 0 Å². The van der Waals surface area contributed by atoms with Crippen molar-refractivity contribution in [1.82, 2.24) is 14.5 Å². The highest BCUT2D eigenvalue weighted by atomic mass is 32.1. The minimum Gasteiger partial charge on any atom is -0.469 e. The second kappa shape index (κ2) is 9.10. The van der Waals surface area contributed by atoms with Gasteiger partial charge in [-0.15, -0.1) is 11.3 Å². The number of benzene rings is 1. The van der Waals surface area contributed by atoms with Crippen LogP contribution in [0.1, 0.15) is 51.1 Å². The van der Waals surface area contributed by atoms with Crippen LogP contribution in [0.5, 0.6) is 5.88 Å². The zero-order chi connectivity index (χ0) is 22.9. The third-order valence-corrected chi connectivity index (χ3v) is 7.90. The quantitative estimate of drug-likeness (QED) is 0.331. The number of rotatable bonds is 7. The highest BCUT2D eigenvalue weighted by Crippen LogP contribution is 2.40. The molecule has 3 aromatic heterocycles. The van der Waals surface area contributed by atoms with Gasteiger partial charge in [0.1, 0.15) is 11.2 Å². The standard InChI is InChI=1S/C27H29N3O2S/c1-17-9-10-21-24(13-17)33-27-25(21)26(28-16-29-27)32-15-23(31)22-14-18(2)30(19(22)3)12-11-20-7-5-4-6-8-20/h4-8,14,16-17H,9-13,15H2,1-3H3. The van der Waals surface area contributed by atoms with Crippen molar-refractivity contribution in [2.75, 3.05) is 6.61 Å². The number of thiophene rings is 1. The zero-order valence-electron chi connectivity index (χ0n) is 19.4. The van der Waals surface area contributed by atoms with E-state index in [4.69, 9.17) is 4.74 Å². The molecular formula is C27H29N3O2S. The Labute approximate surface area is 198 Å². The van der Waals surface area contributed by atoms with Gasteiger partial charge in [0.15, 0.2) is 6.61 Å². The monoisotopic (exact) mass is 459 g/mol. The van der Waals surface area contributed by atoms with E-state index in [0.29, 0.717) is 11.8 Å². The average Bonchev–Trinajstić information content (AvgIpc) is 3.33. The summed E-state index contributed by atoms with van der Waals surface area (Å²) >= 11 is 1.74. The van der Waals surface area contributed by atoms with E-state index in [1.807, 2.05) is 19.1 Å². The lowest BCUT2D eigenvalue weighted by molar-refractivity contribution is 0.0918. The van der Waals surface area contributed by atoms with E-state index in [2.05, 4.69) is 52.6 Å². The smallest absolute Gasteiger partial charge is 0.226 e. The van der Waals surface area contributed by atoms with Crippen LogP contribution in [-0.2, 0) is 25.8 Å². The van der Waals surface area contributed by atoms with Crippen molar-refractivity contribution < 1.29 is 9.53 Å². The Morgan fingerprint density at radius 2 is 2.03 bits per heavy atom. The van der Waals surface area contributed by atoms with Crippen LogP contribution in [0.2, 0.25) is 0 Å². The summed E-state index contributed by atoms with van der Waals surface area (Å²) < 4.78 is 8.24. The molecule has 0 bridgehead atoms. The van der Waals surface area contributed by atoms with Gasteiger partial charge in [0.25, 0.3) is 0 Å². The summed E-state index contributed by atoms with van der Waals surface area (Å²) in [6, 6.07) is 12.4. The molecule has 5 nitrogen and oxygen atoms in total. The first-order valence-electron chi connectivity index (χ1n) is 11.6. The van der Waals surface area contributed by atoms with Gasteiger partial charge in [-0.25, -0.2) is 9.97 Å². The summed E-state index contributed by atoms with van der Waals surface area (Å²) in [4.78, 5) is 24.3. The molecule has 1 aromatic carbocycles. The number of ketones is 1. The maximum Gasteiger partial charge on any atom is 0.226 e. The first-order valence-corrected chi connectivity index (χ1v) is 12.4. The molecule has 33 heavy (non-hydrogen) atoms. The molecular weight excluding hydrogens is 430 g/mol. The molecule has 0 N–H and O–H groups in total. The molecule has 0 radical (unpaired) electrons. The number of nitrogens with zero attached hydrogens (tertiary/aromatic N) is 3. The van der Waals surface area contributed by atoms with Gasteiger partial charge >= 0.3 is 0 Å². The third-order valence-electron chi connectivity index (χ3n) is 6.74. The normalized spacial score (nSPS) is 15.5. The number of hydrogen-bond acceptors (Lipinski definition) is 5. The van der Waals surface area contributed by atoms with E-state index in [0.717, 1.165) is 53.0 Å². The minimum absolute atomic E-state index is 0.0152. The highest BCUT2D eigenvalue weighted by molar-refractivity contribution is 7.18. The van der Waals surface area contributed by atoms with Crippen LogP contribution in [0.25, 0.3) is 10.2 Å². The van der Waals surface area contributed by atoms with Crippen molar-refractivity contribution in [1.29, 1.82) is 0 Å². The molecule has 0 saturated heterocycles. The summed E-state index contributed by atoms with van der Waals surface area (Å²) in [6.07, 6.45) is 5.76. The number of aryl methyl sites for hydroxylation is 3. The van der Waals surface area contributed by atoms with Crippen LogP contribution < -0.4 is 4.74 Å². The van der Waals surface area contributed by atoms with Gasteiger partial charge in [-0.3, -0.25) is 4.79 Å². The topological polar surface area (TPSA) is 57.0 Å². The molecule has 1 aliphatic rings. The first kappa shape index (κ1) is 21.8. The van der Waals surface area contributed by atoms with Crippen LogP contribution in [0.15, 0.2) is 42.7 Å². The lowest BCUT2D eigenvalue weighted by Gasteiger charge is -2.18. The number of carbonyl (C=O) groups excluding carboxylic acids is 1. The molecule has 3 heterocycles. The molecule has 170 valence electrons. The fourth-order valence-corrected chi connectivity index (χ4v) is 6.22. The Hall–Kier alpha value is -2.99. The highest BCUT2D eigenvalue weighted by Gasteiger charge is 2.24. The molecule has 1 unspecified atom stereocenters. The van der Waals surface area contributed by atoms with Gasteiger partial charge in [0.05, 0.1) is 5.39 Å². The van der Waals surface area contributed by atoms with Gasteiger partial charge in [-0.05, 0) is 62.6 Å². The van der Waals surface area contributed by atoms with E-state index in [9.17, 15) is 4.79 Å². The third kappa shape index (κ3) is 4.32. The average molecular weight is 460 g/mol. The van der Waals surface area contributed by atoms with Crippen molar-refractivity contribution >= 4 is 27.3 Å². The summed E-state index contributed by atoms with van der Waals surface area (Å²) in [5.41, 5.74) is 5.42. The van der Waals surface area contributed by atoms with Gasteiger partial charge in [-0.1, -0.05) is 37.3 Å². The van der Waals surface area contributed by atoms with Crippen LogP contribution >= 0.6 is 11.3 Å². The first-order chi connectivity index (χ1) is 16.0. The Morgan fingerprint density at radius 1 is 1.21 bits per heavy atom. The van der Waals surface area contributed by atoms with Crippen LogP contribution in [0.3, 0.4) is 0 Å². The Kier molecular flexibility index (Phi) is 6.02. The van der Waals surface area contributed by atoms with Crippen molar-refractivity contribution in [2.45, 2.75) is 53.0 Å². The second-order valence-corrected chi connectivity index (χ2v) is 10.2. The summed E-state index contributed by atoms with van der Waals surface area (Å²) in [7, 11) is 0. The number of carbonyl (C=O) groups is 1. The van der Waals surface area contributed by atoms with Crippen molar-refractivity contribution in [3.05, 3.63) is 75.7 Å². The minimum atomic E-state index is -0.0177. The van der Waals surface area contributed by atoms with Crippen LogP contribution in [-0.4, -0.2) is 26.9 Å². The van der Waals surface area contributed by atoms with Crippen molar-refractivity contribution in [3.8, 4) is 5.88 Å². The molecule has 4 aromatic rings. The number of fused-ring (bicyclic) bond motifs is 3. The van der Waals surface area contributed by atoms with Crippen molar-refractivity contribution in [2.24, 2.45) is 5.92 Å². The number of Topliss-reactive ketones (excluding diaryl/α,β-unsaturated/α-hetero) is 1. The summed E-state index contributed by atoms with van der Waals surface area (Å²) in [5.74, 6) is 1.22. The molecule has 0 aliphatic heterocycles. The Bertz CT molecular complexity index is 1310. The number of hydrogen-bond donors (Lipinski definition) is 0. The number of ether oxygens (including phenoxy) is 1. The molecule has 0 saturated carbocycles. The second-order valence-electron chi connectivity index (χ2n) is 9.09. The molecule has 1 atom stereocenters. The number of aromatic nitrogens is 3. The van der Waals surface area contributed by atoms with Gasteiger partial charge < -0.3 is 9.30 Å². The molecule has 0 fully saturated rings. The maximum absolute atomic E-state index is 13.1. The lowest BCUT2D eigenvalue weighted by Crippen LogP contribution is -2.14. The maximum atomic E-state index is 13.1. The van der Waals surface area contributed by atoms with E-state index in [1.165, 1.54) is 22.4 Å². The SMILES string of the molecule is Cc1cc(C(=O)COc2ncnc3sc4c(c23)CCC(C)C4)c(C)n1CCc1ccccc1. The summed E-state index contributed by atoms with van der Waals surface area (Å²) in [5, 5.41) is 1.01. The largest absolute Gasteiger partial charge is 0.469 e. The van der Waals surface area contributed by atoms with Crippen LogP contribution in [0.4, 0.5) is 0 Å². The van der Waals surface area contributed by atoms with Crippen LogP contribution in [0, 0.1) is 19.8 Å². The molecule has 5 rings (SSSR count). The van der Waals surface area contributed by atoms with E-state index in [-0.39, 0.29) is 12.4 Å². The molecule has 0 spiro atoms. The lowest BCUT2D eigenvalue weighted by atomic mass is 9.89. The predicted octanol–water partition coefficient (Wildman–Crippen LogP) is 5.74. The molecule has 1 aliphatic carbocycles.